The maximum absolute atomic E-state index is 13.7. The molecular formula is C27H35N7O5. The fourth-order valence-electron chi connectivity index (χ4n) is 4.95. The minimum atomic E-state index is -0.435. The quantitative estimate of drug-likeness (QED) is 0.524. The summed E-state index contributed by atoms with van der Waals surface area (Å²) >= 11 is 0. The molecule has 0 unspecified atom stereocenters. The van der Waals surface area contributed by atoms with Gasteiger partial charge in [0.2, 0.25) is 0 Å². The number of carbonyl (C=O) groups is 2. The van der Waals surface area contributed by atoms with Gasteiger partial charge in [0.15, 0.2) is 11.5 Å². The van der Waals surface area contributed by atoms with Gasteiger partial charge in [0.05, 0.1) is 44.3 Å². The van der Waals surface area contributed by atoms with E-state index in [0.717, 1.165) is 12.1 Å². The number of carbonyl (C=O) groups excluding carboxylic acids is 2. The highest BCUT2D eigenvalue weighted by Gasteiger charge is 2.38. The number of hydrogen-bond acceptors (Lipinski definition) is 8. The van der Waals surface area contributed by atoms with E-state index in [2.05, 4.69) is 34.6 Å². The molecule has 3 aromatic rings. The van der Waals surface area contributed by atoms with Gasteiger partial charge in [0.1, 0.15) is 18.0 Å². The van der Waals surface area contributed by atoms with Gasteiger partial charge in [-0.3, -0.25) is 14.3 Å². The summed E-state index contributed by atoms with van der Waals surface area (Å²) in [5.41, 5.74) is 2.52. The van der Waals surface area contributed by atoms with Crippen LogP contribution in [0.2, 0.25) is 0 Å². The number of hydrogen-bond donors (Lipinski definition) is 1. The van der Waals surface area contributed by atoms with Crippen LogP contribution in [-0.2, 0) is 30.9 Å². The predicted octanol–water partition coefficient (Wildman–Crippen LogP) is 1.93. The topological polar surface area (TPSA) is 126 Å². The number of benzene rings is 1. The summed E-state index contributed by atoms with van der Waals surface area (Å²) in [4.78, 5) is 28.7. The number of aryl methyl sites for hydroxylation is 1. The zero-order chi connectivity index (χ0) is 27.5. The molecule has 12 nitrogen and oxygen atoms in total. The molecule has 2 atom stereocenters. The van der Waals surface area contributed by atoms with Crippen molar-refractivity contribution in [1.29, 1.82) is 0 Å². The Morgan fingerprint density at radius 3 is 2.87 bits per heavy atom. The van der Waals surface area contributed by atoms with E-state index in [9.17, 15) is 9.59 Å². The number of ether oxygens (including phenoxy) is 3. The average molecular weight is 538 g/mol. The molecule has 0 aliphatic carbocycles. The minimum absolute atomic E-state index is 0.134. The summed E-state index contributed by atoms with van der Waals surface area (Å²) in [7, 11) is 1.55. The van der Waals surface area contributed by atoms with Crippen molar-refractivity contribution >= 4 is 11.8 Å². The molecule has 4 heterocycles. The lowest BCUT2D eigenvalue weighted by atomic mass is 10.1. The van der Waals surface area contributed by atoms with E-state index in [1.165, 1.54) is 0 Å². The molecule has 4 bridgehead atoms. The largest absolute Gasteiger partial charge is 0.493 e. The molecule has 0 saturated carbocycles. The number of rotatable bonds is 5. The maximum Gasteiger partial charge on any atom is 0.272 e. The Kier molecular flexibility index (Phi) is 7.82. The highest BCUT2D eigenvalue weighted by Crippen LogP contribution is 2.29. The van der Waals surface area contributed by atoms with Gasteiger partial charge in [-0.05, 0) is 43.5 Å². The molecule has 5 rings (SSSR count). The van der Waals surface area contributed by atoms with E-state index >= 15 is 0 Å². The van der Waals surface area contributed by atoms with Gasteiger partial charge in [0.25, 0.3) is 11.8 Å². The van der Waals surface area contributed by atoms with Gasteiger partial charge in [-0.2, -0.15) is 5.10 Å². The van der Waals surface area contributed by atoms with Crippen molar-refractivity contribution in [2.75, 3.05) is 26.8 Å². The van der Waals surface area contributed by atoms with E-state index in [0.29, 0.717) is 67.2 Å². The van der Waals surface area contributed by atoms with Crippen molar-refractivity contribution in [2.45, 2.75) is 59.0 Å². The maximum atomic E-state index is 13.7. The summed E-state index contributed by atoms with van der Waals surface area (Å²) in [5, 5.41) is 16.1. The highest BCUT2D eigenvalue weighted by atomic mass is 16.5. The van der Waals surface area contributed by atoms with Crippen molar-refractivity contribution in [3.63, 3.8) is 0 Å². The van der Waals surface area contributed by atoms with Crippen LogP contribution in [0.3, 0.4) is 0 Å². The lowest BCUT2D eigenvalue weighted by Crippen LogP contribution is -2.44. The van der Waals surface area contributed by atoms with Crippen molar-refractivity contribution in [2.24, 2.45) is 5.92 Å². The van der Waals surface area contributed by atoms with Crippen molar-refractivity contribution < 1.29 is 23.8 Å². The normalized spacial score (nSPS) is 19.6. The van der Waals surface area contributed by atoms with Gasteiger partial charge in [0, 0.05) is 25.2 Å². The van der Waals surface area contributed by atoms with Crippen LogP contribution in [0.25, 0.3) is 0 Å². The molecule has 1 N–H and O–H groups in total. The standard InChI is InChI=1S/C27H35N7O5/c1-5-34-22(12-19(30-34)10-17(2)3)27(36)32-14-21-25(15-32)39-16-20-13-33(31-29-20)8-9-38-24-11-18(26(35)28-21)6-7-23(24)37-4/h6-7,11-13,17,21,25H,5,8-10,14-16H2,1-4H3,(H,28,35)/t21-,25-/m0/s1. The Morgan fingerprint density at radius 2 is 2.10 bits per heavy atom. The van der Waals surface area contributed by atoms with Gasteiger partial charge in [-0.15, -0.1) is 5.10 Å². The van der Waals surface area contributed by atoms with Gasteiger partial charge in [-0.1, -0.05) is 19.1 Å². The lowest BCUT2D eigenvalue weighted by molar-refractivity contribution is 0.0290. The fourth-order valence-corrected chi connectivity index (χ4v) is 4.95. The first-order valence-corrected chi connectivity index (χ1v) is 13.3. The molecular weight excluding hydrogens is 502 g/mol. The number of aromatic nitrogens is 5. The van der Waals surface area contributed by atoms with Crippen molar-refractivity contribution in [3.05, 3.63) is 53.1 Å². The summed E-state index contributed by atoms with van der Waals surface area (Å²) in [6, 6.07) is 6.50. The molecule has 2 aliphatic rings. The molecule has 208 valence electrons. The van der Waals surface area contributed by atoms with E-state index in [1.54, 1.807) is 45.8 Å². The first-order valence-electron chi connectivity index (χ1n) is 13.3. The number of nitrogens with one attached hydrogen (secondary N) is 1. The molecule has 12 heteroatoms. The molecule has 0 radical (unpaired) electrons. The second kappa shape index (κ2) is 11.4. The van der Waals surface area contributed by atoms with Gasteiger partial charge in [-0.25, -0.2) is 4.68 Å². The number of nitrogens with zero attached hydrogens (tertiary/aromatic N) is 6. The first kappa shape index (κ1) is 26.7. The Hall–Kier alpha value is -3.93. The SMILES string of the molecule is CCn1nc(CC(C)C)cc1C(=O)N1C[C@@H]2NC(=O)c3ccc(OC)c(c3)OCCn3cc(nn3)CO[C@H]2C1. The Labute approximate surface area is 227 Å². The Morgan fingerprint density at radius 1 is 1.26 bits per heavy atom. The van der Waals surface area contributed by atoms with E-state index in [4.69, 9.17) is 14.2 Å². The molecule has 1 fully saturated rings. The third-order valence-corrected chi connectivity index (χ3v) is 6.87. The van der Waals surface area contributed by atoms with E-state index in [-0.39, 0.29) is 18.4 Å². The van der Waals surface area contributed by atoms with Gasteiger partial charge >= 0.3 is 0 Å². The van der Waals surface area contributed by atoms with E-state index in [1.807, 2.05) is 13.0 Å². The monoisotopic (exact) mass is 537 g/mol. The van der Waals surface area contributed by atoms with Gasteiger partial charge < -0.3 is 24.4 Å². The van der Waals surface area contributed by atoms with Crippen LogP contribution in [0, 0.1) is 5.92 Å². The minimum Gasteiger partial charge on any atom is -0.493 e. The molecule has 0 spiro atoms. The molecule has 39 heavy (non-hydrogen) atoms. The second-order valence-corrected chi connectivity index (χ2v) is 10.3. The number of fused-ring (bicyclic) bond motifs is 5. The Balaban J connectivity index is 1.41. The zero-order valence-electron chi connectivity index (χ0n) is 22.8. The molecule has 2 aromatic heterocycles. The zero-order valence-corrected chi connectivity index (χ0v) is 22.8. The average Bonchev–Trinajstić information content (AvgIpc) is 3.64. The first-order chi connectivity index (χ1) is 18.8. The van der Waals surface area contributed by atoms with Crippen LogP contribution < -0.4 is 14.8 Å². The molecule has 2 amide bonds. The summed E-state index contributed by atoms with van der Waals surface area (Å²) in [5.74, 6) is 0.997. The van der Waals surface area contributed by atoms with Crippen LogP contribution in [-0.4, -0.2) is 80.4 Å². The highest BCUT2D eigenvalue weighted by molar-refractivity contribution is 5.96. The molecule has 1 saturated heterocycles. The molecule has 2 aliphatic heterocycles. The number of likely N-dealkylation sites (tertiary alicyclic amines) is 1. The Bertz CT molecular complexity index is 1330. The second-order valence-electron chi connectivity index (χ2n) is 10.3. The molecule has 1 aromatic carbocycles. The predicted molar refractivity (Wildman–Crippen MR) is 141 cm³/mol. The van der Waals surface area contributed by atoms with Crippen LogP contribution in [0.4, 0.5) is 0 Å². The lowest BCUT2D eigenvalue weighted by Gasteiger charge is -2.20. The summed E-state index contributed by atoms with van der Waals surface area (Å²) in [6.07, 6.45) is 2.17. The van der Waals surface area contributed by atoms with Crippen LogP contribution in [0.5, 0.6) is 11.5 Å². The summed E-state index contributed by atoms with van der Waals surface area (Å²) in [6.45, 7) is 8.42. The third-order valence-electron chi connectivity index (χ3n) is 6.87. The van der Waals surface area contributed by atoms with Crippen LogP contribution in [0.1, 0.15) is 53.0 Å². The third kappa shape index (κ3) is 5.90. The number of amides is 2. The van der Waals surface area contributed by atoms with Crippen LogP contribution in [0.15, 0.2) is 30.5 Å². The van der Waals surface area contributed by atoms with Crippen molar-refractivity contribution in [3.8, 4) is 11.5 Å². The fraction of sp³-hybridized carbons (Fsp3) is 0.519. The smallest absolute Gasteiger partial charge is 0.272 e. The van der Waals surface area contributed by atoms with Crippen LogP contribution >= 0.6 is 0 Å². The van der Waals surface area contributed by atoms with Crippen molar-refractivity contribution in [1.82, 2.24) is 35.0 Å². The number of methoxy groups -OCH3 is 1. The van der Waals surface area contributed by atoms with E-state index < -0.39 is 12.1 Å². The summed E-state index contributed by atoms with van der Waals surface area (Å²) < 4.78 is 21.0.